The van der Waals surface area contributed by atoms with Gasteiger partial charge in [0, 0.05) is 36.4 Å². The Labute approximate surface area is 218 Å². The van der Waals surface area contributed by atoms with E-state index in [-0.39, 0.29) is 23.6 Å². The molecule has 5 N–H and O–H groups in total. The van der Waals surface area contributed by atoms with Gasteiger partial charge in [-0.1, -0.05) is 0 Å². The van der Waals surface area contributed by atoms with Crippen LogP contribution in [0, 0.1) is 0 Å². The minimum Gasteiger partial charge on any atom is -0.493 e. The van der Waals surface area contributed by atoms with E-state index in [1.165, 1.54) is 0 Å². The van der Waals surface area contributed by atoms with Crippen LogP contribution in [0.15, 0.2) is 40.2 Å². The standard InChI is InChI=1S/C22H26N2O4.C4H6O6/c1-4-28-20-10-15-16-9-14(25)6-7-18(16)23-22(17(15)11-19(20)27-3)13-5-8-21(26)24(2)12-13;5-1(3(7)8)2(6)4(9)10/h5,8,10-12,14,16,18,25H,4,6-7,9H2,1-3H3;1-2,5-6H,(H,7,8)(H,9,10)/t14-,16-,18-;1-,2-/m10/s1. The molecule has 0 amide bonds. The fourth-order valence-corrected chi connectivity index (χ4v) is 4.61. The molecule has 2 aromatic rings. The zero-order valence-corrected chi connectivity index (χ0v) is 21.3. The lowest BCUT2D eigenvalue weighted by Gasteiger charge is -2.37. The number of benzene rings is 1. The highest BCUT2D eigenvalue weighted by Crippen LogP contribution is 2.44. The summed E-state index contributed by atoms with van der Waals surface area (Å²) in [7, 11) is 3.37. The van der Waals surface area contributed by atoms with Crippen LogP contribution in [0.2, 0.25) is 0 Å². The maximum Gasteiger partial charge on any atom is 0.335 e. The number of aliphatic imine (C=N–C) groups is 1. The molecule has 0 radical (unpaired) electrons. The fraction of sp³-hybridized carbons (Fsp3) is 0.462. The predicted molar refractivity (Wildman–Crippen MR) is 135 cm³/mol. The molecule has 2 aliphatic rings. The molecule has 1 aromatic carbocycles. The van der Waals surface area contributed by atoms with Crippen molar-refractivity contribution >= 4 is 17.7 Å². The first-order valence-corrected chi connectivity index (χ1v) is 12.1. The third-order valence-electron chi connectivity index (χ3n) is 6.54. The number of methoxy groups -OCH3 is 1. The summed E-state index contributed by atoms with van der Waals surface area (Å²) in [6.07, 6.45) is -0.715. The third kappa shape index (κ3) is 6.21. The van der Waals surface area contributed by atoms with Gasteiger partial charge in [-0.2, -0.15) is 0 Å². The van der Waals surface area contributed by atoms with Crippen molar-refractivity contribution in [2.24, 2.45) is 12.0 Å². The second-order valence-electron chi connectivity index (χ2n) is 9.07. The van der Waals surface area contributed by atoms with E-state index in [1.807, 2.05) is 31.3 Å². The quantitative estimate of drug-likeness (QED) is 0.336. The first-order valence-electron chi connectivity index (χ1n) is 12.1. The number of carboxylic acids is 2. The Bertz CT molecular complexity index is 1250. The molecule has 12 heteroatoms. The Morgan fingerprint density at radius 2 is 1.76 bits per heavy atom. The molecule has 1 aliphatic heterocycles. The molecule has 1 fully saturated rings. The maximum atomic E-state index is 11.8. The van der Waals surface area contributed by atoms with E-state index in [1.54, 1.807) is 24.8 Å². The topological polar surface area (TPSA) is 188 Å². The molecule has 0 spiro atoms. The van der Waals surface area contributed by atoms with Crippen molar-refractivity contribution < 1.29 is 44.6 Å². The van der Waals surface area contributed by atoms with E-state index >= 15 is 0 Å². The first kappa shape index (κ1) is 28.8. The van der Waals surface area contributed by atoms with Crippen molar-refractivity contribution in [2.45, 2.75) is 56.5 Å². The zero-order valence-electron chi connectivity index (χ0n) is 21.3. The number of aliphatic hydroxyl groups excluding tert-OH is 3. The Morgan fingerprint density at radius 3 is 2.32 bits per heavy atom. The molecule has 1 aromatic heterocycles. The largest absolute Gasteiger partial charge is 0.493 e. The van der Waals surface area contributed by atoms with Crippen LogP contribution in [0.25, 0.3) is 0 Å². The molecular formula is C26H32N2O10. The van der Waals surface area contributed by atoms with E-state index in [0.717, 1.165) is 35.2 Å². The van der Waals surface area contributed by atoms with Crippen molar-refractivity contribution in [3.8, 4) is 11.5 Å². The van der Waals surface area contributed by atoms with Gasteiger partial charge in [0.2, 0.25) is 5.56 Å². The number of hydrogen-bond donors (Lipinski definition) is 5. The predicted octanol–water partition coefficient (Wildman–Crippen LogP) is 0.518. The second kappa shape index (κ2) is 12.2. The van der Waals surface area contributed by atoms with Crippen LogP contribution in [0.4, 0.5) is 0 Å². The number of carboxylic acid groups (broad SMARTS) is 2. The number of fused-ring (bicyclic) bond motifs is 3. The third-order valence-corrected chi connectivity index (χ3v) is 6.54. The van der Waals surface area contributed by atoms with Gasteiger partial charge < -0.3 is 39.6 Å². The minimum atomic E-state index is -2.27. The highest BCUT2D eigenvalue weighted by atomic mass is 16.5. The Kier molecular flexibility index (Phi) is 9.26. The summed E-state index contributed by atoms with van der Waals surface area (Å²) in [4.78, 5) is 36.4. The molecule has 206 valence electrons. The molecule has 2 heterocycles. The average molecular weight is 533 g/mol. The fourth-order valence-electron chi connectivity index (χ4n) is 4.61. The number of aromatic nitrogens is 1. The lowest BCUT2D eigenvalue weighted by molar-refractivity contribution is -0.165. The van der Waals surface area contributed by atoms with E-state index in [2.05, 4.69) is 0 Å². The number of rotatable bonds is 7. The molecule has 1 aliphatic carbocycles. The lowest BCUT2D eigenvalue weighted by Crippen LogP contribution is -2.39. The molecule has 0 unspecified atom stereocenters. The highest BCUT2D eigenvalue weighted by molar-refractivity contribution is 6.14. The number of nitrogens with zero attached hydrogens (tertiary/aromatic N) is 2. The summed E-state index contributed by atoms with van der Waals surface area (Å²) in [6, 6.07) is 7.53. The van der Waals surface area contributed by atoms with Gasteiger partial charge in [0.25, 0.3) is 0 Å². The maximum absolute atomic E-state index is 11.8. The van der Waals surface area contributed by atoms with Gasteiger partial charge in [0.1, 0.15) is 0 Å². The monoisotopic (exact) mass is 532 g/mol. The van der Waals surface area contributed by atoms with Gasteiger partial charge in [-0.15, -0.1) is 0 Å². The normalized spacial score (nSPS) is 21.4. The summed E-state index contributed by atoms with van der Waals surface area (Å²) in [5.74, 6) is -2.01. The molecule has 12 nitrogen and oxygen atoms in total. The van der Waals surface area contributed by atoms with Crippen LogP contribution in [0.1, 0.15) is 48.8 Å². The highest BCUT2D eigenvalue weighted by Gasteiger charge is 2.37. The van der Waals surface area contributed by atoms with E-state index < -0.39 is 24.1 Å². The van der Waals surface area contributed by atoms with E-state index in [9.17, 15) is 19.5 Å². The van der Waals surface area contributed by atoms with Crippen LogP contribution in [0.5, 0.6) is 11.5 Å². The van der Waals surface area contributed by atoms with Gasteiger partial charge >= 0.3 is 11.9 Å². The molecule has 38 heavy (non-hydrogen) atoms. The summed E-state index contributed by atoms with van der Waals surface area (Å²) < 4.78 is 12.9. The number of hydrogen-bond acceptors (Lipinski definition) is 9. The Hall–Kier alpha value is -3.74. The smallest absolute Gasteiger partial charge is 0.335 e. The molecule has 0 bridgehead atoms. The van der Waals surface area contributed by atoms with Crippen LogP contribution in [-0.4, -0.2) is 85.8 Å². The minimum absolute atomic E-state index is 0.0525. The van der Waals surface area contributed by atoms with Crippen molar-refractivity contribution in [3.05, 3.63) is 57.5 Å². The number of carbonyl (C=O) groups is 2. The SMILES string of the molecule is CCOc1cc2c(cc1OC)C(c1ccc(=O)n(C)c1)=N[C@@H]1CC[C@@H](O)C[C@H]21.O=C(O)[C@@H](O)[C@H](O)C(=O)O. The van der Waals surface area contributed by atoms with Crippen LogP contribution < -0.4 is 15.0 Å². The van der Waals surface area contributed by atoms with Crippen LogP contribution in [0.3, 0.4) is 0 Å². The van der Waals surface area contributed by atoms with Crippen molar-refractivity contribution in [1.82, 2.24) is 4.57 Å². The Morgan fingerprint density at radius 1 is 1.11 bits per heavy atom. The Balaban J connectivity index is 0.000000342. The second-order valence-corrected chi connectivity index (χ2v) is 9.07. The molecule has 0 saturated heterocycles. The van der Waals surface area contributed by atoms with Gasteiger partial charge in [-0.25, -0.2) is 9.59 Å². The van der Waals surface area contributed by atoms with Crippen LogP contribution >= 0.6 is 0 Å². The number of aliphatic carboxylic acids is 2. The molecule has 4 rings (SSSR count). The first-order chi connectivity index (χ1) is 18.0. The number of aliphatic hydroxyl groups is 3. The summed E-state index contributed by atoms with van der Waals surface area (Å²) in [6.45, 7) is 2.50. The molecule has 5 atom stereocenters. The lowest BCUT2D eigenvalue weighted by atomic mass is 9.74. The molecule has 1 saturated carbocycles. The average Bonchev–Trinajstić information content (AvgIpc) is 2.89. The molecular weight excluding hydrogens is 500 g/mol. The van der Waals surface area contributed by atoms with Crippen LogP contribution in [-0.2, 0) is 16.6 Å². The zero-order chi connectivity index (χ0) is 28.1. The van der Waals surface area contributed by atoms with Crippen molar-refractivity contribution in [1.29, 1.82) is 0 Å². The van der Waals surface area contributed by atoms with Crippen molar-refractivity contribution in [2.75, 3.05) is 13.7 Å². The number of aryl methyl sites for hydroxylation is 1. The summed E-state index contributed by atoms with van der Waals surface area (Å²) in [5, 5.41) is 42.8. The van der Waals surface area contributed by atoms with E-state index in [0.29, 0.717) is 24.5 Å². The summed E-state index contributed by atoms with van der Waals surface area (Å²) in [5.41, 5.74) is 3.83. The van der Waals surface area contributed by atoms with Gasteiger partial charge in [-0.3, -0.25) is 9.79 Å². The van der Waals surface area contributed by atoms with Crippen molar-refractivity contribution in [3.63, 3.8) is 0 Å². The number of pyridine rings is 1. The van der Waals surface area contributed by atoms with Gasteiger partial charge in [0.15, 0.2) is 23.7 Å². The van der Waals surface area contributed by atoms with Gasteiger partial charge in [-0.05, 0) is 49.9 Å². The van der Waals surface area contributed by atoms with Gasteiger partial charge in [0.05, 0.1) is 31.6 Å². The van der Waals surface area contributed by atoms with E-state index in [4.69, 9.17) is 34.9 Å². The number of ether oxygens (including phenoxy) is 2. The summed E-state index contributed by atoms with van der Waals surface area (Å²) >= 11 is 0.